The van der Waals surface area contributed by atoms with Crippen LogP contribution in [0, 0.1) is 6.92 Å². The van der Waals surface area contributed by atoms with Gasteiger partial charge in [-0.15, -0.1) is 11.3 Å². The third-order valence-corrected chi connectivity index (χ3v) is 3.99. The molecular weight excluding hydrogens is 278 g/mol. The van der Waals surface area contributed by atoms with Crippen LogP contribution < -0.4 is 16.0 Å². The van der Waals surface area contributed by atoms with E-state index in [1.54, 1.807) is 7.05 Å². The predicted octanol–water partition coefficient (Wildman–Crippen LogP) is -0.590. The SMILES string of the molecule is CNC(=O)C1CNCCN1CC(=O)Nc1nc(C)cs1. The Morgan fingerprint density at radius 2 is 2.40 bits per heavy atom. The van der Waals surface area contributed by atoms with Crippen molar-refractivity contribution >= 4 is 28.3 Å². The molecule has 20 heavy (non-hydrogen) atoms. The zero-order chi connectivity index (χ0) is 14.5. The van der Waals surface area contributed by atoms with E-state index in [1.807, 2.05) is 17.2 Å². The lowest BCUT2D eigenvalue weighted by Crippen LogP contribution is -2.58. The molecule has 0 aromatic carbocycles. The molecule has 2 heterocycles. The minimum atomic E-state index is -0.308. The minimum Gasteiger partial charge on any atom is -0.358 e. The van der Waals surface area contributed by atoms with E-state index < -0.39 is 0 Å². The van der Waals surface area contributed by atoms with E-state index in [0.29, 0.717) is 18.2 Å². The molecule has 0 saturated carbocycles. The first-order valence-corrected chi connectivity index (χ1v) is 7.36. The molecule has 1 aliphatic heterocycles. The average Bonchev–Trinajstić information content (AvgIpc) is 2.83. The van der Waals surface area contributed by atoms with Gasteiger partial charge in [-0.25, -0.2) is 4.98 Å². The van der Waals surface area contributed by atoms with Crippen molar-refractivity contribution in [3.8, 4) is 0 Å². The number of hydrogen-bond acceptors (Lipinski definition) is 6. The van der Waals surface area contributed by atoms with Crippen LogP contribution in [0.3, 0.4) is 0 Å². The van der Waals surface area contributed by atoms with Crippen molar-refractivity contribution < 1.29 is 9.59 Å². The van der Waals surface area contributed by atoms with E-state index in [-0.39, 0.29) is 24.4 Å². The van der Waals surface area contributed by atoms with E-state index in [0.717, 1.165) is 12.2 Å². The quantitative estimate of drug-likeness (QED) is 0.691. The molecule has 1 saturated heterocycles. The van der Waals surface area contributed by atoms with Gasteiger partial charge in [0.25, 0.3) is 0 Å². The van der Waals surface area contributed by atoms with E-state index in [9.17, 15) is 9.59 Å². The Morgan fingerprint density at radius 3 is 3.05 bits per heavy atom. The Hall–Kier alpha value is -1.51. The molecule has 110 valence electrons. The van der Waals surface area contributed by atoms with Crippen LogP contribution in [-0.2, 0) is 9.59 Å². The number of aromatic nitrogens is 1. The van der Waals surface area contributed by atoms with E-state index >= 15 is 0 Å². The summed E-state index contributed by atoms with van der Waals surface area (Å²) >= 11 is 1.40. The van der Waals surface area contributed by atoms with Crippen LogP contribution in [0.4, 0.5) is 5.13 Å². The van der Waals surface area contributed by atoms with Crippen LogP contribution in [0.1, 0.15) is 5.69 Å². The Labute approximate surface area is 121 Å². The van der Waals surface area contributed by atoms with Crippen molar-refractivity contribution in [3.05, 3.63) is 11.1 Å². The highest BCUT2D eigenvalue weighted by Crippen LogP contribution is 2.14. The summed E-state index contributed by atoms with van der Waals surface area (Å²) in [7, 11) is 1.60. The molecule has 0 bridgehead atoms. The van der Waals surface area contributed by atoms with E-state index in [1.165, 1.54) is 11.3 Å². The number of anilines is 1. The fourth-order valence-corrected chi connectivity index (χ4v) is 2.82. The first kappa shape index (κ1) is 14.9. The number of carbonyl (C=O) groups is 2. The third-order valence-electron chi connectivity index (χ3n) is 3.12. The molecule has 0 radical (unpaired) electrons. The lowest BCUT2D eigenvalue weighted by molar-refractivity contribution is -0.128. The summed E-state index contributed by atoms with van der Waals surface area (Å²) in [6, 6.07) is -0.308. The normalized spacial score (nSPS) is 19.6. The number of carbonyl (C=O) groups excluding carboxylic acids is 2. The third kappa shape index (κ3) is 3.75. The number of piperazine rings is 1. The molecule has 1 aromatic heterocycles. The summed E-state index contributed by atoms with van der Waals surface area (Å²) in [6.07, 6.45) is 0. The first-order chi connectivity index (χ1) is 9.60. The van der Waals surface area contributed by atoms with Gasteiger partial charge < -0.3 is 16.0 Å². The van der Waals surface area contributed by atoms with Crippen LogP contribution in [0.15, 0.2) is 5.38 Å². The molecule has 1 aromatic rings. The zero-order valence-corrected chi connectivity index (χ0v) is 12.4. The van der Waals surface area contributed by atoms with Gasteiger partial charge in [-0.3, -0.25) is 14.5 Å². The van der Waals surface area contributed by atoms with Gasteiger partial charge in [0.1, 0.15) is 6.04 Å². The Bertz CT molecular complexity index is 490. The molecule has 0 spiro atoms. The Kier molecular flexibility index (Phi) is 5.05. The number of likely N-dealkylation sites (N-methyl/N-ethyl adjacent to an activating group) is 1. The molecule has 8 heteroatoms. The van der Waals surface area contributed by atoms with Crippen molar-refractivity contribution in [3.63, 3.8) is 0 Å². The summed E-state index contributed by atoms with van der Waals surface area (Å²) in [5.74, 6) is -0.217. The lowest BCUT2D eigenvalue weighted by atomic mass is 10.1. The van der Waals surface area contributed by atoms with Gasteiger partial charge in [0.2, 0.25) is 11.8 Å². The average molecular weight is 297 g/mol. The number of hydrogen-bond donors (Lipinski definition) is 3. The molecule has 1 atom stereocenters. The van der Waals surface area contributed by atoms with Crippen molar-refractivity contribution in [2.75, 3.05) is 38.5 Å². The summed E-state index contributed by atoms with van der Waals surface area (Å²) in [5, 5.41) is 11.0. The maximum Gasteiger partial charge on any atom is 0.240 e. The molecule has 3 N–H and O–H groups in total. The molecule has 1 unspecified atom stereocenters. The monoisotopic (exact) mass is 297 g/mol. The van der Waals surface area contributed by atoms with E-state index in [2.05, 4.69) is 20.9 Å². The zero-order valence-electron chi connectivity index (χ0n) is 11.6. The number of amides is 2. The second kappa shape index (κ2) is 6.78. The van der Waals surface area contributed by atoms with Gasteiger partial charge in [0, 0.05) is 32.1 Å². The van der Waals surface area contributed by atoms with E-state index in [4.69, 9.17) is 0 Å². The molecular formula is C12H19N5O2S. The smallest absolute Gasteiger partial charge is 0.240 e. The molecule has 2 amide bonds. The van der Waals surface area contributed by atoms with Crippen molar-refractivity contribution in [2.24, 2.45) is 0 Å². The molecule has 7 nitrogen and oxygen atoms in total. The molecule has 1 fully saturated rings. The largest absolute Gasteiger partial charge is 0.358 e. The summed E-state index contributed by atoms with van der Waals surface area (Å²) in [5.41, 5.74) is 0.885. The summed E-state index contributed by atoms with van der Waals surface area (Å²) in [4.78, 5) is 29.9. The number of thiazole rings is 1. The van der Waals surface area contributed by atoms with Crippen LogP contribution in [0.25, 0.3) is 0 Å². The number of nitrogens with zero attached hydrogens (tertiary/aromatic N) is 2. The fourth-order valence-electron chi connectivity index (χ4n) is 2.12. The van der Waals surface area contributed by atoms with Gasteiger partial charge in [-0.2, -0.15) is 0 Å². The van der Waals surface area contributed by atoms with Gasteiger partial charge in [0.15, 0.2) is 5.13 Å². The first-order valence-electron chi connectivity index (χ1n) is 6.48. The summed E-state index contributed by atoms with van der Waals surface area (Å²) in [6.45, 7) is 4.07. The Morgan fingerprint density at radius 1 is 1.60 bits per heavy atom. The molecule has 2 rings (SSSR count). The highest BCUT2D eigenvalue weighted by atomic mass is 32.1. The van der Waals surface area contributed by atoms with Gasteiger partial charge in [-0.1, -0.05) is 0 Å². The topological polar surface area (TPSA) is 86.4 Å². The van der Waals surface area contributed by atoms with Gasteiger partial charge in [-0.05, 0) is 6.92 Å². The number of aryl methyl sites for hydroxylation is 1. The summed E-state index contributed by atoms with van der Waals surface area (Å²) < 4.78 is 0. The van der Waals surface area contributed by atoms with Gasteiger partial charge >= 0.3 is 0 Å². The van der Waals surface area contributed by atoms with Crippen LogP contribution in [-0.4, -0.2) is 61.0 Å². The van der Waals surface area contributed by atoms with Crippen LogP contribution in [0.5, 0.6) is 0 Å². The Balaban J connectivity index is 1.92. The van der Waals surface area contributed by atoms with Crippen LogP contribution >= 0.6 is 11.3 Å². The second-order valence-corrected chi connectivity index (χ2v) is 5.50. The predicted molar refractivity (Wildman–Crippen MR) is 77.8 cm³/mol. The van der Waals surface area contributed by atoms with Crippen LogP contribution in [0.2, 0.25) is 0 Å². The minimum absolute atomic E-state index is 0.0740. The maximum atomic E-state index is 12.0. The lowest BCUT2D eigenvalue weighted by Gasteiger charge is -2.34. The standard InChI is InChI=1S/C12H19N5O2S/c1-8-7-20-12(15-8)16-10(18)6-17-4-3-14-5-9(17)11(19)13-2/h7,9,14H,3-6H2,1-2H3,(H,13,19)(H,15,16,18). The highest BCUT2D eigenvalue weighted by molar-refractivity contribution is 7.13. The fraction of sp³-hybridized carbons (Fsp3) is 0.583. The number of nitrogens with one attached hydrogen (secondary N) is 3. The highest BCUT2D eigenvalue weighted by Gasteiger charge is 2.29. The van der Waals surface area contributed by atoms with Crippen molar-refractivity contribution in [1.82, 2.24) is 20.5 Å². The number of rotatable bonds is 4. The van der Waals surface area contributed by atoms with Gasteiger partial charge in [0.05, 0.1) is 12.2 Å². The molecule has 0 aliphatic carbocycles. The second-order valence-electron chi connectivity index (χ2n) is 4.65. The molecule has 1 aliphatic rings. The van der Waals surface area contributed by atoms with Crippen molar-refractivity contribution in [1.29, 1.82) is 0 Å². The van der Waals surface area contributed by atoms with Crippen molar-refractivity contribution in [2.45, 2.75) is 13.0 Å². The maximum absolute atomic E-state index is 12.0.